The molecule has 7 heteroatoms. The van der Waals surface area contributed by atoms with E-state index >= 15 is 0 Å². The average molecular weight is 391 g/mol. The molecule has 0 aromatic heterocycles. The summed E-state index contributed by atoms with van der Waals surface area (Å²) in [6.45, 7) is 0. The summed E-state index contributed by atoms with van der Waals surface area (Å²) < 4.78 is 18.0. The third-order valence-electron chi connectivity index (χ3n) is 4.02. The zero-order chi connectivity index (χ0) is 20.6. The van der Waals surface area contributed by atoms with Crippen molar-refractivity contribution in [2.45, 2.75) is 0 Å². The Bertz CT molecular complexity index is 1030. The lowest BCUT2D eigenvalue weighted by atomic mass is 10.1. The van der Waals surface area contributed by atoms with Crippen molar-refractivity contribution in [3.8, 4) is 5.75 Å². The van der Waals surface area contributed by atoms with Gasteiger partial charge in [-0.3, -0.25) is 9.59 Å². The fraction of sp³-hybridized carbons (Fsp3) is 0.0455. The number of carbonyl (C=O) groups is 2. The van der Waals surface area contributed by atoms with E-state index in [-0.39, 0.29) is 17.3 Å². The van der Waals surface area contributed by atoms with Gasteiger partial charge in [-0.05, 0) is 54.1 Å². The van der Waals surface area contributed by atoms with Crippen LogP contribution < -0.4 is 15.5 Å². The molecule has 3 aromatic carbocycles. The molecule has 0 atom stereocenters. The van der Waals surface area contributed by atoms with E-state index < -0.39 is 5.91 Å². The highest BCUT2D eigenvalue weighted by Crippen LogP contribution is 2.17. The summed E-state index contributed by atoms with van der Waals surface area (Å²) in [6.07, 6.45) is 1.40. The van der Waals surface area contributed by atoms with Gasteiger partial charge in [-0.15, -0.1) is 0 Å². The molecule has 0 saturated heterocycles. The van der Waals surface area contributed by atoms with Crippen LogP contribution in [0.5, 0.6) is 5.75 Å². The summed E-state index contributed by atoms with van der Waals surface area (Å²) in [7, 11) is 1.54. The zero-order valence-corrected chi connectivity index (χ0v) is 15.6. The van der Waals surface area contributed by atoms with Gasteiger partial charge in [0.05, 0.1) is 24.6 Å². The summed E-state index contributed by atoms with van der Waals surface area (Å²) in [5.74, 6) is -0.565. The third kappa shape index (κ3) is 5.26. The molecule has 0 fully saturated rings. The number of hydrazone groups is 1. The smallest absolute Gasteiger partial charge is 0.273 e. The number of anilines is 1. The van der Waals surface area contributed by atoms with E-state index in [4.69, 9.17) is 4.74 Å². The van der Waals surface area contributed by atoms with Gasteiger partial charge in [0.25, 0.3) is 11.8 Å². The predicted molar refractivity (Wildman–Crippen MR) is 109 cm³/mol. The first kappa shape index (κ1) is 19.8. The number of halogens is 1. The molecule has 146 valence electrons. The highest BCUT2D eigenvalue weighted by molar-refractivity contribution is 6.09. The zero-order valence-electron chi connectivity index (χ0n) is 15.6. The molecule has 2 amide bonds. The predicted octanol–water partition coefficient (Wildman–Crippen LogP) is 3.85. The van der Waals surface area contributed by atoms with Crippen LogP contribution in [-0.2, 0) is 0 Å². The lowest BCUT2D eigenvalue weighted by Crippen LogP contribution is -2.21. The maximum atomic E-state index is 12.9. The van der Waals surface area contributed by atoms with Gasteiger partial charge in [0.1, 0.15) is 11.6 Å². The van der Waals surface area contributed by atoms with E-state index in [1.165, 1.54) is 30.5 Å². The summed E-state index contributed by atoms with van der Waals surface area (Å²) in [5.41, 5.74) is 4.06. The van der Waals surface area contributed by atoms with Gasteiger partial charge in [0, 0.05) is 5.56 Å². The van der Waals surface area contributed by atoms with Crippen molar-refractivity contribution in [3.63, 3.8) is 0 Å². The van der Waals surface area contributed by atoms with E-state index in [0.29, 0.717) is 22.6 Å². The molecule has 0 aliphatic carbocycles. The number of rotatable bonds is 6. The van der Waals surface area contributed by atoms with Crippen molar-refractivity contribution < 1.29 is 18.7 Å². The van der Waals surface area contributed by atoms with E-state index in [9.17, 15) is 14.0 Å². The minimum atomic E-state index is -0.492. The summed E-state index contributed by atoms with van der Waals surface area (Å²) >= 11 is 0. The Labute approximate surface area is 167 Å². The van der Waals surface area contributed by atoms with Gasteiger partial charge in [-0.2, -0.15) is 5.10 Å². The van der Waals surface area contributed by atoms with Gasteiger partial charge in [0.15, 0.2) is 0 Å². The maximum Gasteiger partial charge on any atom is 0.273 e. The first-order valence-electron chi connectivity index (χ1n) is 8.70. The number of carbonyl (C=O) groups excluding carboxylic acids is 2. The number of methoxy groups -OCH3 is 1. The normalized spacial score (nSPS) is 10.6. The van der Waals surface area contributed by atoms with Gasteiger partial charge < -0.3 is 10.1 Å². The summed E-state index contributed by atoms with van der Waals surface area (Å²) in [4.78, 5) is 24.9. The minimum Gasteiger partial charge on any atom is -0.497 e. The fourth-order valence-electron chi connectivity index (χ4n) is 2.50. The van der Waals surface area contributed by atoms with Crippen molar-refractivity contribution >= 4 is 23.7 Å². The van der Waals surface area contributed by atoms with E-state index in [2.05, 4.69) is 15.8 Å². The number of ether oxygens (including phenoxy) is 1. The van der Waals surface area contributed by atoms with Crippen LogP contribution in [0.25, 0.3) is 0 Å². The Morgan fingerprint density at radius 2 is 1.62 bits per heavy atom. The number of benzene rings is 3. The molecular formula is C22H18FN3O3. The van der Waals surface area contributed by atoms with Crippen LogP contribution in [-0.4, -0.2) is 25.1 Å². The monoisotopic (exact) mass is 391 g/mol. The van der Waals surface area contributed by atoms with Crippen molar-refractivity contribution in [1.29, 1.82) is 0 Å². The molecule has 0 radical (unpaired) electrons. The Balaban J connectivity index is 1.69. The molecule has 6 nitrogen and oxygen atoms in total. The molecule has 0 aliphatic rings. The second-order valence-electron chi connectivity index (χ2n) is 5.98. The fourth-order valence-corrected chi connectivity index (χ4v) is 2.50. The number of amides is 2. The average Bonchev–Trinajstić information content (AvgIpc) is 2.75. The molecule has 0 saturated carbocycles. The maximum absolute atomic E-state index is 12.9. The first-order valence-corrected chi connectivity index (χ1v) is 8.70. The SMILES string of the molecule is COc1ccc(C(=O)Nc2ccccc2C(=O)N/N=C/c2ccc(F)cc2)cc1. The number of nitrogens with one attached hydrogen (secondary N) is 2. The molecular weight excluding hydrogens is 373 g/mol. The molecule has 29 heavy (non-hydrogen) atoms. The molecule has 0 unspecified atom stereocenters. The molecule has 0 bridgehead atoms. The van der Waals surface area contributed by atoms with Crippen LogP contribution in [0.1, 0.15) is 26.3 Å². The van der Waals surface area contributed by atoms with Crippen LogP contribution in [0.15, 0.2) is 77.9 Å². The Kier molecular flexibility index (Phi) is 6.32. The highest BCUT2D eigenvalue weighted by Gasteiger charge is 2.13. The van der Waals surface area contributed by atoms with Crippen LogP contribution in [0.3, 0.4) is 0 Å². The van der Waals surface area contributed by atoms with E-state index in [1.807, 2.05) is 0 Å². The minimum absolute atomic E-state index is 0.255. The molecule has 0 heterocycles. The first-order chi connectivity index (χ1) is 14.1. The molecule has 2 N–H and O–H groups in total. The molecule has 0 aliphatic heterocycles. The van der Waals surface area contributed by atoms with E-state index in [0.717, 1.165) is 0 Å². The van der Waals surface area contributed by atoms with Crippen molar-refractivity contribution in [1.82, 2.24) is 5.43 Å². The van der Waals surface area contributed by atoms with Crippen molar-refractivity contribution in [3.05, 3.63) is 95.3 Å². The number of para-hydroxylation sites is 1. The van der Waals surface area contributed by atoms with Crippen LogP contribution in [0.4, 0.5) is 10.1 Å². The quantitative estimate of drug-likeness (QED) is 0.495. The number of hydrogen-bond donors (Lipinski definition) is 2. The van der Waals surface area contributed by atoms with Gasteiger partial charge >= 0.3 is 0 Å². The molecule has 3 aromatic rings. The Morgan fingerprint density at radius 1 is 0.931 bits per heavy atom. The highest BCUT2D eigenvalue weighted by atomic mass is 19.1. The van der Waals surface area contributed by atoms with Gasteiger partial charge in [0.2, 0.25) is 0 Å². The van der Waals surface area contributed by atoms with Crippen LogP contribution in [0.2, 0.25) is 0 Å². The largest absolute Gasteiger partial charge is 0.497 e. The second kappa shape index (κ2) is 9.27. The van der Waals surface area contributed by atoms with Crippen LogP contribution >= 0.6 is 0 Å². The number of hydrogen-bond acceptors (Lipinski definition) is 4. The molecule has 3 rings (SSSR count). The Hall–Kier alpha value is -4.00. The van der Waals surface area contributed by atoms with Crippen molar-refractivity contribution in [2.24, 2.45) is 5.10 Å². The standard InChI is InChI=1S/C22H18FN3O3/c1-29-18-12-8-16(9-13-18)21(27)25-20-5-3-2-4-19(20)22(28)26-24-14-15-6-10-17(23)11-7-15/h2-14H,1H3,(H,25,27)(H,26,28)/b24-14+. The van der Waals surface area contributed by atoms with Crippen LogP contribution in [0, 0.1) is 5.82 Å². The Morgan fingerprint density at radius 3 is 2.31 bits per heavy atom. The number of nitrogens with zero attached hydrogens (tertiary/aromatic N) is 1. The van der Waals surface area contributed by atoms with Gasteiger partial charge in [-0.1, -0.05) is 24.3 Å². The van der Waals surface area contributed by atoms with Gasteiger partial charge in [-0.25, -0.2) is 9.82 Å². The van der Waals surface area contributed by atoms with E-state index in [1.54, 1.807) is 55.6 Å². The molecule has 0 spiro atoms. The van der Waals surface area contributed by atoms with Crippen molar-refractivity contribution in [2.75, 3.05) is 12.4 Å². The summed E-state index contributed by atoms with van der Waals surface area (Å²) in [5, 5.41) is 6.60. The topological polar surface area (TPSA) is 79.8 Å². The third-order valence-corrected chi connectivity index (χ3v) is 4.02. The lowest BCUT2D eigenvalue weighted by Gasteiger charge is -2.10. The second-order valence-corrected chi connectivity index (χ2v) is 5.98. The lowest BCUT2D eigenvalue weighted by molar-refractivity contribution is 0.0956. The summed E-state index contributed by atoms with van der Waals surface area (Å²) in [6, 6.07) is 18.9.